The molecule has 11 heteroatoms. The van der Waals surface area contributed by atoms with Crippen molar-refractivity contribution in [2.24, 2.45) is 17.6 Å². The smallest absolute Gasteiger partial charge is 0.326 e. The first-order valence-corrected chi connectivity index (χ1v) is 9.91. The fourth-order valence-electron chi connectivity index (χ4n) is 2.60. The van der Waals surface area contributed by atoms with E-state index < -0.39 is 60.2 Å². The Balaban J connectivity index is 5.51. The molecule has 0 aromatic carbocycles. The van der Waals surface area contributed by atoms with E-state index in [4.69, 9.17) is 15.9 Å². The van der Waals surface area contributed by atoms with Crippen LogP contribution in [0, 0.1) is 11.8 Å². The molecule has 0 aromatic rings. The summed E-state index contributed by atoms with van der Waals surface area (Å²) < 4.78 is 0. The molecule has 0 saturated heterocycles. The van der Waals surface area contributed by atoms with Crippen LogP contribution in [0.5, 0.6) is 0 Å². The summed E-state index contributed by atoms with van der Waals surface area (Å²) in [5.41, 5.74) is 5.55. The Labute approximate surface area is 176 Å². The minimum Gasteiger partial charge on any atom is -0.481 e. The molecule has 0 rings (SSSR count). The van der Waals surface area contributed by atoms with E-state index in [1.807, 2.05) is 20.8 Å². The van der Waals surface area contributed by atoms with Crippen molar-refractivity contribution in [2.75, 3.05) is 0 Å². The number of nitrogens with one attached hydrogen (secondary N) is 3. The standard InChI is InChI=1S/C19H34N4O7/c1-6-10(4)15(23-16(26)11(5)20)18(28)21-12(7-9(2)3)17(27)22-13(19(29)30)8-14(24)25/h9-13,15H,6-8,20H2,1-5H3,(H,21,28)(H,22,27)(H,23,26)(H,24,25)(H,29,30). The van der Waals surface area contributed by atoms with Gasteiger partial charge in [0.2, 0.25) is 17.7 Å². The van der Waals surface area contributed by atoms with Gasteiger partial charge in [0.1, 0.15) is 18.1 Å². The predicted octanol–water partition coefficient (Wildman–Crippen LogP) is -0.560. The Hall–Kier alpha value is -2.69. The van der Waals surface area contributed by atoms with Gasteiger partial charge in [-0.15, -0.1) is 0 Å². The van der Waals surface area contributed by atoms with Crippen molar-refractivity contribution in [3.8, 4) is 0 Å². The lowest BCUT2D eigenvalue weighted by molar-refractivity contribution is -0.147. The molecule has 5 unspecified atom stereocenters. The maximum absolute atomic E-state index is 12.8. The van der Waals surface area contributed by atoms with E-state index in [1.54, 1.807) is 6.92 Å². The summed E-state index contributed by atoms with van der Waals surface area (Å²) in [7, 11) is 0. The number of aliphatic carboxylic acids is 2. The minimum absolute atomic E-state index is 0.0375. The van der Waals surface area contributed by atoms with Crippen LogP contribution in [0.3, 0.4) is 0 Å². The van der Waals surface area contributed by atoms with E-state index in [1.165, 1.54) is 6.92 Å². The van der Waals surface area contributed by atoms with Crippen LogP contribution < -0.4 is 21.7 Å². The molecule has 7 N–H and O–H groups in total. The lowest BCUT2D eigenvalue weighted by Gasteiger charge is -2.28. The number of rotatable bonds is 13. The van der Waals surface area contributed by atoms with Crippen LogP contribution in [-0.2, 0) is 24.0 Å². The van der Waals surface area contributed by atoms with Gasteiger partial charge in [-0.2, -0.15) is 0 Å². The quantitative estimate of drug-likeness (QED) is 0.224. The molecule has 172 valence electrons. The number of hydrogen-bond donors (Lipinski definition) is 6. The van der Waals surface area contributed by atoms with Crippen LogP contribution >= 0.6 is 0 Å². The van der Waals surface area contributed by atoms with E-state index in [-0.39, 0.29) is 18.3 Å². The van der Waals surface area contributed by atoms with Crippen LogP contribution in [0.4, 0.5) is 0 Å². The van der Waals surface area contributed by atoms with Gasteiger partial charge in [-0.05, 0) is 25.2 Å². The van der Waals surface area contributed by atoms with E-state index >= 15 is 0 Å². The van der Waals surface area contributed by atoms with Crippen molar-refractivity contribution < 1.29 is 34.2 Å². The first-order valence-electron chi connectivity index (χ1n) is 9.91. The van der Waals surface area contributed by atoms with Gasteiger partial charge in [0.25, 0.3) is 0 Å². The molecule has 30 heavy (non-hydrogen) atoms. The number of nitrogens with two attached hydrogens (primary N) is 1. The fraction of sp³-hybridized carbons (Fsp3) is 0.737. The Morgan fingerprint density at radius 2 is 1.37 bits per heavy atom. The molecule has 0 bridgehead atoms. The zero-order chi connectivity index (χ0) is 23.6. The lowest BCUT2D eigenvalue weighted by atomic mass is 9.96. The van der Waals surface area contributed by atoms with Crippen LogP contribution in [0.15, 0.2) is 0 Å². The lowest BCUT2D eigenvalue weighted by Crippen LogP contribution is -2.58. The van der Waals surface area contributed by atoms with Crippen molar-refractivity contribution in [1.29, 1.82) is 0 Å². The molecule has 0 aliphatic carbocycles. The van der Waals surface area contributed by atoms with Gasteiger partial charge in [-0.3, -0.25) is 19.2 Å². The molecular weight excluding hydrogens is 396 g/mol. The summed E-state index contributed by atoms with van der Waals surface area (Å²) in [5, 5.41) is 25.3. The third-order valence-electron chi connectivity index (χ3n) is 4.54. The SMILES string of the molecule is CCC(C)C(NC(=O)C(C)N)C(=O)NC(CC(C)C)C(=O)NC(CC(=O)O)C(=O)O. The highest BCUT2D eigenvalue weighted by Crippen LogP contribution is 2.11. The third kappa shape index (κ3) is 9.68. The largest absolute Gasteiger partial charge is 0.481 e. The van der Waals surface area contributed by atoms with Crippen LogP contribution in [0.1, 0.15) is 53.9 Å². The van der Waals surface area contributed by atoms with Gasteiger partial charge in [0.05, 0.1) is 12.5 Å². The van der Waals surface area contributed by atoms with Gasteiger partial charge < -0.3 is 31.9 Å². The zero-order valence-electron chi connectivity index (χ0n) is 18.1. The van der Waals surface area contributed by atoms with Crippen molar-refractivity contribution in [1.82, 2.24) is 16.0 Å². The van der Waals surface area contributed by atoms with Crippen molar-refractivity contribution in [3.63, 3.8) is 0 Å². The predicted molar refractivity (Wildman–Crippen MR) is 108 cm³/mol. The molecule has 0 heterocycles. The Bertz CT molecular complexity index is 636. The first kappa shape index (κ1) is 27.3. The summed E-state index contributed by atoms with van der Waals surface area (Å²) in [4.78, 5) is 59.5. The van der Waals surface area contributed by atoms with E-state index in [9.17, 15) is 24.0 Å². The number of hydrogen-bond acceptors (Lipinski definition) is 6. The van der Waals surface area contributed by atoms with Crippen molar-refractivity contribution in [2.45, 2.75) is 78.0 Å². The van der Waals surface area contributed by atoms with E-state index in [2.05, 4.69) is 16.0 Å². The molecule has 0 aromatic heterocycles. The molecule has 0 spiro atoms. The van der Waals surface area contributed by atoms with E-state index in [0.717, 1.165) is 0 Å². The van der Waals surface area contributed by atoms with E-state index in [0.29, 0.717) is 6.42 Å². The second-order valence-electron chi connectivity index (χ2n) is 7.85. The highest BCUT2D eigenvalue weighted by Gasteiger charge is 2.32. The molecule has 5 atom stereocenters. The van der Waals surface area contributed by atoms with Crippen LogP contribution in [0.25, 0.3) is 0 Å². The van der Waals surface area contributed by atoms with Crippen molar-refractivity contribution in [3.05, 3.63) is 0 Å². The molecule has 0 aliphatic rings. The molecule has 0 aliphatic heterocycles. The maximum Gasteiger partial charge on any atom is 0.326 e. The Morgan fingerprint density at radius 1 is 0.833 bits per heavy atom. The monoisotopic (exact) mass is 430 g/mol. The molecule has 3 amide bonds. The summed E-state index contributed by atoms with van der Waals surface area (Å²) in [5.74, 6) is -5.12. The minimum atomic E-state index is -1.63. The summed E-state index contributed by atoms with van der Waals surface area (Å²) in [6, 6.07) is -4.51. The zero-order valence-corrected chi connectivity index (χ0v) is 18.1. The molecule has 11 nitrogen and oxygen atoms in total. The molecular formula is C19H34N4O7. The summed E-state index contributed by atoms with van der Waals surface area (Å²) in [6.07, 6.45) is -0.0487. The topological polar surface area (TPSA) is 188 Å². The first-order chi connectivity index (χ1) is 13.8. The maximum atomic E-state index is 12.8. The van der Waals surface area contributed by atoms with Gasteiger partial charge >= 0.3 is 11.9 Å². The Kier molecular flexibility index (Phi) is 11.6. The van der Waals surface area contributed by atoms with Crippen LogP contribution in [-0.4, -0.2) is 64.0 Å². The van der Waals surface area contributed by atoms with Crippen molar-refractivity contribution >= 4 is 29.7 Å². The molecule has 0 saturated carbocycles. The average molecular weight is 431 g/mol. The number of carbonyl (C=O) groups is 5. The Morgan fingerprint density at radius 3 is 1.77 bits per heavy atom. The molecule has 0 radical (unpaired) electrons. The van der Waals surface area contributed by atoms with Gasteiger partial charge in [0, 0.05) is 0 Å². The second kappa shape index (κ2) is 12.8. The van der Waals surface area contributed by atoms with Crippen LogP contribution in [0.2, 0.25) is 0 Å². The second-order valence-corrected chi connectivity index (χ2v) is 7.85. The third-order valence-corrected chi connectivity index (χ3v) is 4.54. The summed E-state index contributed by atoms with van der Waals surface area (Å²) in [6.45, 7) is 8.69. The average Bonchev–Trinajstić information content (AvgIpc) is 2.62. The normalized spacial score (nSPS) is 16.0. The number of amides is 3. The highest BCUT2D eigenvalue weighted by atomic mass is 16.4. The summed E-state index contributed by atoms with van der Waals surface area (Å²) >= 11 is 0. The number of carboxylic acid groups (broad SMARTS) is 2. The number of carboxylic acids is 2. The van der Waals surface area contributed by atoms with Gasteiger partial charge in [-0.25, -0.2) is 4.79 Å². The van der Waals surface area contributed by atoms with Gasteiger partial charge in [0.15, 0.2) is 0 Å². The van der Waals surface area contributed by atoms with Gasteiger partial charge in [-0.1, -0.05) is 34.1 Å². The number of carbonyl (C=O) groups excluding carboxylic acids is 3. The molecule has 0 fully saturated rings. The highest BCUT2D eigenvalue weighted by molar-refractivity contribution is 5.94. The fourth-order valence-corrected chi connectivity index (χ4v) is 2.60.